The third-order valence-corrected chi connectivity index (χ3v) is 11.3. The lowest BCUT2D eigenvalue weighted by molar-refractivity contribution is -0.192. The number of hydrogen-bond donors (Lipinski definition) is 0. The SMILES string of the molecule is COc1ccc(CN(c2ncns2)S(=O)(=O)c2cc(F)c(OC[C@@H]3CC4(CC[C@H]3c3ccc(Cl)cc3)OCCO4)cc2F)c(OC)c1. The Morgan fingerprint density at radius 1 is 1.02 bits per heavy atom. The number of sulfonamides is 1. The number of anilines is 1. The molecule has 10 nitrogen and oxygen atoms in total. The normalized spacial score (nSPS) is 19.1. The van der Waals surface area contributed by atoms with Crippen LogP contribution >= 0.6 is 23.1 Å². The first-order valence-corrected chi connectivity index (χ1v) is 17.4. The highest BCUT2D eigenvalue weighted by Crippen LogP contribution is 2.46. The minimum Gasteiger partial charge on any atom is -0.497 e. The smallest absolute Gasteiger partial charge is 0.269 e. The highest BCUT2D eigenvalue weighted by atomic mass is 35.5. The number of benzene rings is 3. The van der Waals surface area contributed by atoms with E-state index in [9.17, 15) is 8.42 Å². The second-order valence-corrected chi connectivity index (χ2v) is 14.2. The van der Waals surface area contributed by atoms with Gasteiger partial charge in [-0.25, -0.2) is 26.5 Å². The van der Waals surface area contributed by atoms with E-state index < -0.39 is 38.1 Å². The zero-order valence-electron chi connectivity index (χ0n) is 25.5. The van der Waals surface area contributed by atoms with Gasteiger partial charge in [0.25, 0.3) is 10.0 Å². The molecule has 0 unspecified atom stereocenters. The average Bonchev–Trinajstić information content (AvgIpc) is 3.77. The Morgan fingerprint density at radius 3 is 2.47 bits per heavy atom. The van der Waals surface area contributed by atoms with Crippen LogP contribution in [0.4, 0.5) is 13.9 Å². The van der Waals surface area contributed by atoms with Gasteiger partial charge in [-0.2, -0.15) is 4.37 Å². The van der Waals surface area contributed by atoms with E-state index in [1.807, 2.05) is 24.3 Å². The molecule has 0 radical (unpaired) electrons. The van der Waals surface area contributed by atoms with E-state index in [1.165, 1.54) is 20.5 Å². The molecule has 3 aromatic carbocycles. The van der Waals surface area contributed by atoms with Crippen molar-refractivity contribution in [1.29, 1.82) is 0 Å². The Kier molecular flexibility index (Phi) is 9.85. The molecule has 1 saturated heterocycles. The maximum absolute atomic E-state index is 15.7. The molecule has 1 saturated carbocycles. The van der Waals surface area contributed by atoms with E-state index in [0.717, 1.165) is 33.9 Å². The summed E-state index contributed by atoms with van der Waals surface area (Å²) in [5.74, 6) is -2.72. The summed E-state index contributed by atoms with van der Waals surface area (Å²) in [5.41, 5.74) is 1.47. The molecule has 250 valence electrons. The molecular formula is C32H32ClF2N3O7S2. The van der Waals surface area contributed by atoms with Crippen molar-refractivity contribution in [3.63, 3.8) is 0 Å². The summed E-state index contributed by atoms with van der Waals surface area (Å²) in [4.78, 5) is 3.15. The summed E-state index contributed by atoms with van der Waals surface area (Å²) < 4.78 is 92.4. The third-order valence-electron chi connectivity index (χ3n) is 8.47. The van der Waals surface area contributed by atoms with Gasteiger partial charge in [0, 0.05) is 59.1 Å². The first-order chi connectivity index (χ1) is 22.6. The predicted molar refractivity (Wildman–Crippen MR) is 171 cm³/mol. The van der Waals surface area contributed by atoms with Crippen molar-refractivity contribution in [3.05, 3.63) is 88.7 Å². The van der Waals surface area contributed by atoms with Gasteiger partial charge in [0.1, 0.15) is 28.5 Å². The Balaban J connectivity index is 1.26. The number of halogens is 3. The fourth-order valence-electron chi connectivity index (χ4n) is 6.14. The first kappa shape index (κ1) is 33.3. The minimum absolute atomic E-state index is 0.0123. The standard InChI is InChI=1S/C32H32ClF2N3O7S2/c1-41-24-8-5-21(28(13-24)42-2)17-38(31-36-19-37-46-31)47(39,40)30-15-26(34)29(14-27(30)35)43-18-22-16-32(44-11-12-45-32)10-9-25(22)20-3-6-23(33)7-4-20/h3-8,13-15,19,22,25H,9-12,16-18H2,1-2H3/t22-,25-/m0/s1. The van der Waals surface area contributed by atoms with Gasteiger partial charge in [-0.15, -0.1) is 0 Å². The molecule has 2 fully saturated rings. The Hall–Kier alpha value is -3.56. The van der Waals surface area contributed by atoms with Gasteiger partial charge < -0.3 is 23.7 Å². The molecule has 1 aliphatic heterocycles. The maximum atomic E-state index is 15.7. The number of hydrogen-bond acceptors (Lipinski definition) is 10. The van der Waals surface area contributed by atoms with Crippen LogP contribution in [-0.2, 0) is 26.0 Å². The van der Waals surface area contributed by atoms with Gasteiger partial charge in [-0.3, -0.25) is 0 Å². The van der Waals surface area contributed by atoms with Crippen molar-refractivity contribution < 1.29 is 40.9 Å². The molecule has 1 aliphatic carbocycles. The number of methoxy groups -OCH3 is 2. The highest BCUT2D eigenvalue weighted by molar-refractivity contribution is 7.93. The van der Waals surface area contributed by atoms with Crippen LogP contribution < -0.4 is 18.5 Å². The number of aromatic nitrogens is 2. The molecule has 2 heterocycles. The summed E-state index contributed by atoms with van der Waals surface area (Å²) >= 11 is 6.90. The lowest BCUT2D eigenvalue weighted by Crippen LogP contribution is -2.41. The first-order valence-electron chi connectivity index (χ1n) is 14.8. The van der Waals surface area contributed by atoms with Crippen LogP contribution in [0.5, 0.6) is 17.2 Å². The van der Waals surface area contributed by atoms with E-state index in [2.05, 4.69) is 9.36 Å². The van der Waals surface area contributed by atoms with E-state index in [-0.39, 0.29) is 30.1 Å². The van der Waals surface area contributed by atoms with Gasteiger partial charge >= 0.3 is 0 Å². The van der Waals surface area contributed by atoms with Gasteiger partial charge in [0.2, 0.25) is 5.13 Å². The van der Waals surface area contributed by atoms with Crippen molar-refractivity contribution in [2.24, 2.45) is 5.92 Å². The fourth-order valence-corrected chi connectivity index (χ4v) is 8.46. The Morgan fingerprint density at radius 2 is 1.79 bits per heavy atom. The second kappa shape index (κ2) is 13.9. The predicted octanol–water partition coefficient (Wildman–Crippen LogP) is 6.59. The van der Waals surface area contributed by atoms with Crippen LogP contribution in [0.15, 0.2) is 65.8 Å². The topological polar surface area (TPSA) is 109 Å². The quantitative estimate of drug-likeness (QED) is 0.171. The molecule has 2 aliphatic rings. The van der Waals surface area contributed by atoms with Crippen molar-refractivity contribution in [3.8, 4) is 17.2 Å². The molecule has 4 aromatic rings. The number of rotatable bonds is 11. The average molecular weight is 708 g/mol. The largest absolute Gasteiger partial charge is 0.497 e. The van der Waals surface area contributed by atoms with Gasteiger partial charge in [0.15, 0.2) is 17.4 Å². The summed E-state index contributed by atoms with van der Waals surface area (Å²) in [6, 6.07) is 13.7. The van der Waals surface area contributed by atoms with Crippen molar-refractivity contribution in [2.75, 3.05) is 38.3 Å². The van der Waals surface area contributed by atoms with Gasteiger partial charge in [-0.1, -0.05) is 23.7 Å². The van der Waals surface area contributed by atoms with Crippen LogP contribution in [0.25, 0.3) is 0 Å². The van der Waals surface area contributed by atoms with Crippen LogP contribution in [0.2, 0.25) is 5.02 Å². The number of ether oxygens (including phenoxy) is 5. The molecule has 6 rings (SSSR count). The van der Waals surface area contributed by atoms with Crippen LogP contribution in [0.3, 0.4) is 0 Å². The fraction of sp³-hybridized carbons (Fsp3) is 0.375. The summed E-state index contributed by atoms with van der Waals surface area (Å²) in [6.07, 6.45) is 3.07. The lowest BCUT2D eigenvalue weighted by atomic mass is 9.73. The van der Waals surface area contributed by atoms with Crippen LogP contribution in [-0.4, -0.2) is 57.6 Å². The Labute approximate surface area is 280 Å². The molecule has 1 spiro atoms. The zero-order chi connectivity index (χ0) is 33.2. The minimum atomic E-state index is -4.69. The van der Waals surface area contributed by atoms with Crippen molar-refractivity contribution >= 4 is 38.3 Å². The summed E-state index contributed by atoms with van der Waals surface area (Å²) in [7, 11) is -1.78. The van der Waals surface area contributed by atoms with Crippen LogP contribution in [0, 0.1) is 17.6 Å². The molecule has 47 heavy (non-hydrogen) atoms. The van der Waals surface area contributed by atoms with Gasteiger partial charge in [-0.05, 0) is 42.2 Å². The zero-order valence-corrected chi connectivity index (χ0v) is 27.9. The molecule has 0 amide bonds. The van der Waals surface area contributed by atoms with E-state index in [0.29, 0.717) is 54.2 Å². The summed E-state index contributed by atoms with van der Waals surface area (Å²) in [6.45, 7) is 0.671. The molecule has 0 bridgehead atoms. The number of nitrogens with zero attached hydrogens (tertiary/aromatic N) is 3. The molecule has 2 atom stereocenters. The Bertz CT molecular complexity index is 1810. The monoisotopic (exact) mass is 707 g/mol. The van der Waals surface area contributed by atoms with E-state index >= 15 is 8.78 Å². The van der Waals surface area contributed by atoms with Crippen molar-refractivity contribution in [1.82, 2.24) is 9.36 Å². The molecule has 15 heteroatoms. The van der Waals surface area contributed by atoms with Crippen LogP contribution in [0.1, 0.15) is 36.3 Å². The summed E-state index contributed by atoms with van der Waals surface area (Å²) in [5, 5.41) is 0.565. The second-order valence-electron chi connectivity index (χ2n) is 11.2. The van der Waals surface area contributed by atoms with E-state index in [4.69, 9.17) is 35.3 Å². The van der Waals surface area contributed by atoms with E-state index in [1.54, 1.807) is 18.2 Å². The molecule has 0 N–H and O–H groups in total. The van der Waals surface area contributed by atoms with Crippen molar-refractivity contribution in [2.45, 2.75) is 42.4 Å². The molecular weight excluding hydrogens is 676 g/mol. The highest BCUT2D eigenvalue weighted by Gasteiger charge is 2.46. The third kappa shape index (κ3) is 7.02. The maximum Gasteiger partial charge on any atom is 0.269 e. The molecule has 1 aromatic heterocycles. The van der Waals surface area contributed by atoms with Gasteiger partial charge in [0.05, 0.1) is 40.6 Å². The lowest BCUT2D eigenvalue weighted by Gasteiger charge is -2.41.